The summed E-state index contributed by atoms with van der Waals surface area (Å²) in [6.07, 6.45) is -0.789. The van der Waals surface area contributed by atoms with E-state index < -0.39 is 54.4 Å². The van der Waals surface area contributed by atoms with Gasteiger partial charge in [-0.1, -0.05) is 71.7 Å². The van der Waals surface area contributed by atoms with Crippen molar-refractivity contribution in [2.24, 2.45) is 5.92 Å². The molecule has 0 saturated heterocycles. The Balaban J connectivity index is 1.89. The van der Waals surface area contributed by atoms with Crippen molar-refractivity contribution in [3.05, 3.63) is 93.7 Å². The van der Waals surface area contributed by atoms with Crippen LogP contribution in [0.15, 0.2) is 66.7 Å². The Hall–Kier alpha value is -3.42. The molecule has 3 rings (SSSR count). The molecule has 0 aliphatic rings. The zero-order valence-corrected chi connectivity index (χ0v) is 21.5. The summed E-state index contributed by atoms with van der Waals surface area (Å²) in [6, 6.07) is 18.6. The number of amides is 1. The Labute approximate surface area is 224 Å². The predicted molar refractivity (Wildman–Crippen MR) is 140 cm³/mol. The third kappa shape index (κ3) is 7.78. The van der Waals surface area contributed by atoms with Crippen LogP contribution < -0.4 is 5.32 Å². The molecule has 3 N–H and O–H groups in total. The van der Waals surface area contributed by atoms with E-state index in [2.05, 4.69) is 5.32 Å². The van der Waals surface area contributed by atoms with Gasteiger partial charge in [-0.2, -0.15) is 0 Å². The van der Waals surface area contributed by atoms with Crippen LogP contribution in [0.1, 0.15) is 36.8 Å². The summed E-state index contributed by atoms with van der Waals surface area (Å²) >= 11 is 12.2. The largest absolute Gasteiger partial charge is 0.481 e. The maximum absolute atomic E-state index is 15.2. The van der Waals surface area contributed by atoms with Crippen LogP contribution in [0.3, 0.4) is 0 Å². The van der Waals surface area contributed by atoms with Crippen molar-refractivity contribution < 1.29 is 29.0 Å². The number of hydrogen-bond acceptors (Lipinski definition) is 3. The molecule has 0 spiro atoms. The molecular formula is C28H26Cl2FNO5. The molecule has 3 atom stereocenters. The van der Waals surface area contributed by atoms with Gasteiger partial charge in [0.2, 0.25) is 5.91 Å². The van der Waals surface area contributed by atoms with E-state index in [-0.39, 0.29) is 0 Å². The molecule has 0 heterocycles. The lowest BCUT2D eigenvalue weighted by molar-refractivity contribution is -0.149. The van der Waals surface area contributed by atoms with Crippen LogP contribution in [0.5, 0.6) is 0 Å². The highest BCUT2D eigenvalue weighted by Crippen LogP contribution is 2.32. The van der Waals surface area contributed by atoms with Crippen LogP contribution in [-0.4, -0.2) is 34.1 Å². The maximum Gasteiger partial charge on any atom is 0.307 e. The summed E-state index contributed by atoms with van der Waals surface area (Å²) in [5.41, 5.74) is 2.60. The Kier molecular flexibility index (Phi) is 9.66. The fourth-order valence-electron chi connectivity index (χ4n) is 4.21. The minimum absolute atomic E-state index is 0.359. The van der Waals surface area contributed by atoms with E-state index in [4.69, 9.17) is 28.3 Å². The molecule has 9 heteroatoms. The van der Waals surface area contributed by atoms with Gasteiger partial charge in [-0.3, -0.25) is 14.4 Å². The molecule has 0 bridgehead atoms. The van der Waals surface area contributed by atoms with Crippen LogP contribution in [0.25, 0.3) is 11.1 Å². The maximum atomic E-state index is 15.2. The molecule has 0 aliphatic heterocycles. The topological polar surface area (TPSA) is 104 Å². The summed E-state index contributed by atoms with van der Waals surface area (Å²) in [6.45, 7) is 1.73. The molecule has 6 nitrogen and oxygen atoms in total. The highest BCUT2D eigenvalue weighted by Gasteiger charge is 2.27. The van der Waals surface area contributed by atoms with Crippen molar-refractivity contribution in [3.8, 4) is 11.1 Å². The molecule has 194 valence electrons. The number of benzene rings is 3. The molecule has 37 heavy (non-hydrogen) atoms. The number of rotatable bonds is 11. The molecule has 0 aromatic heterocycles. The number of nitrogens with one attached hydrogen (secondary N) is 1. The second kappa shape index (κ2) is 12.7. The minimum Gasteiger partial charge on any atom is -0.481 e. The third-order valence-corrected chi connectivity index (χ3v) is 6.88. The van der Waals surface area contributed by atoms with Gasteiger partial charge in [-0.25, -0.2) is 4.39 Å². The average Bonchev–Trinajstić information content (AvgIpc) is 2.84. The molecule has 1 amide bonds. The first kappa shape index (κ1) is 28.2. The number of carbonyl (C=O) groups excluding carboxylic acids is 1. The van der Waals surface area contributed by atoms with E-state index in [1.54, 1.807) is 37.3 Å². The number of carboxylic acid groups (broad SMARTS) is 2. The molecular weight excluding hydrogens is 520 g/mol. The number of carboxylic acids is 2. The lowest BCUT2D eigenvalue weighted by atomic mass is 9.85. The van der Waals surface area contributed by atoms with Gasteiger partial charge in [0.05, 0.1) is 22.4 Å². The molecule has 0 radical (unpaired) electrons. The SMILES string of the molecule is C[C@H](NC(=O)C[C@H](CC(=O)O)C(=O)O)[C@@H](Cc1ccc(Cl)c(Cl)c1)c1ccc(-c2ccccc2)c(F)c1. The normalized spacial score (nSPS) is 13.4. The van der Waals surface area contributed by atoms with Crippen molar-refractivity contribution >= 4 is 41.0 Å². The van der Waals surface area contributed by atoms with Crippen molar-refractivity contribution in [2.75, 3.05) is 0 Å². The first-order valence-corrected chi connectivity index (χ1v) is 12.3. The van der Waals surface area contributed by atoms with Crippen molar-refractivity contribution in [2.45, 2.75) is 38.1 Å². The highest BCUT2D eigenvalue weighted by atomic mass is 35.5. The zero-order valence-electron chi connectivity index (χ0n) is 20.0. The fraction of sp³-hybridized carbons (Fsp3) is 0.250. The average molecular weight is 546 g/mol. The molecule has 3 aromatic carbocycles. The summed E-state index contributed by atoms with van der Waals surface area (Å²) in [7, 11) is 0. The van der Waals surface area contributed by atoms with Crippen molar-refractivity contribution in [1.82, 2.24) is 5.32 Å². The van der Waals surface area contributed by atoms with Crippen LogP contribution in [0.4, 0.5) is 4.39 Å². The smallest absolute Gasteiger partial charge is 0.307 e. The summed E-state index contributed by atoms with van der Waals surface area (Å²) in [5, 5.41) is 21.7. The lowest BCUT2D eigenvalue weighted by Crippen LogP contribution is -2.39. The van der Waals surface area contributed by atoms with Crippen LogP contribution in [0.2, 0.25) is 10.0 Å². The third-order valence-electron chi connectivity index (χ3n) is 6.14. The second-order valence-corrected chi connectivity index (χ2v) is 9.67. The first-order valence-electron chi connectivity index (χ1n) is 11.6. The van der Waals surface area contributed by atoms with E-state index >= 15 is 4.39 Å². The Morgan fingerprint density at radius 3 is 2.22 bits per heavy atom. The minimum atomic E-state index is -1.36. The summed E-state index contributed by atoms with van der Waals surface area (Å²) in [4.78, 5) is 35.0. The number of aliphatic carboxylic acids is 2. The van der Waals surface area contributed by atoms with Gasteiger partial charge in [-0.05, 0) is 48.2 Å². The van der Waals surface area contributed by atoms with Crippen molar-refractivity contribution in [3.63, 3.8) is 0 Å². The first-order chi connectivity index (χ1) is 17.5. The van der Waals surface area contributed by atoms with Gasteiger partial charge in [0.15, 0.2) is 0 Å². The van der Waals surface area contributed by atoms with Crippen molar-refractivity contribution in [1.29, 1.82) is 0 Å². The van der Waals surface area contributed by atoms with Gasteiger partial charge >= 0.3 is 11.9 Å². The van der Waals surface area contributed by atoms with Crippen LogP contribution >= 0.6 is 23.2 Å². The van der Waals surface area contributed by atoms with E-state index in [0.29, 0.717) is 27.6 Å². The van der Waals surface area contributed by atoms with E-state index in [9.17, 15) is 19.5 Å². The Morgan fingerprint density at radius 2 is 1.62 bits per heavy atom. The molecule has 0 fully saturated rings. The van der Waals surface area contributed by atoms with Crippen LogP contribution in [0, 0.1) is 11.7 Å². The Bertz CT molecular complexity index is 1280. The fourth-order valence-corrected chi connectivity index (χ4v) is 4.53. The number of carbonyl (C=O) groups is 3. The summed E-state index contributed by atoms with van der Waals surface area (Å²) in [5.74, 6) is -5.48. The van der Waals surface area contributed by atoms with E-state index in [1.807, 2.05) is 30.3 Å². The standard InChI is InChI=1S/C28H26Cl2FNO5/c1-16(32-26(33)14-20(28(36)37)15-27(34)35)22(11-17-7-10-23(29)24(30)12-17)19-8-9-21(25(31)13-19)18-5-3-2-4-6-18/h2-10,12-13,16,20,22H,11,14-15H2,1H3,(H,32,33)(H,34,35)(H,36,37)/t16-,20+,22+/m0/s1. The molecule has 0 saturated carbocycles. The predicted octanol–water partition coefficient (Wildman–Crippen LogP) is 6.20. The van der Waals surface area contributed by atoms with Gasteiger partial charge in [-0.15, -0.1) is 0 Å². The second-order valence-electron chi connectivity index (χ2n) is 8.86. The van der Waals surface area contributed by atoms with Crippen LogP contribution in [-0.2, 0) is 20.8 Å². The number of hydrogen-bond donors (Lipinski definition) is 3. The lowest BCUT2D eigenvalue weighted by Gasteiger charge is -2.27. The molecule has 3 aromatic rings. The summed E-state index contributed by atoms with van der Waals surface area (Å²) < 4.78 is 15.2. The van der Waals surface area contributed by atoms with Gasteiger partial charge < -0.3 is 15.5 Å². The number of halogens is 3. The van der Waals surface area contributed by atoms with Gasteiger partial charge in [0.25, 0.3) is 0 Å². The molecule has 0 aliphatic carbocycles. The van der Waals surface area contributed by atoms with E-state index in [1.165, 1.54) is 6.07 Å². The zero-order chi connectivity index (χ0) is 27.1. The quantitative estimate of drug-likeness (QED) is 0.266. The van der Waals surface area contributed by atoms with Gasteiger partial charge in [0.1, 0.15) is 5.82 Å². The monoisotopic (exact) mass is 545 g/mol. The van der Waals surface area contributed by atoms with Gasteiger partial charge in [0, 0.05) is 23.9 Å². The van der Waals surface area contributed by atoms with E-state index in [0.717, 1.165) is 11.1 Å². The molecule has 0 unspecified atom stereocenters. The Morgan fingerprint density at radius 1 is 0.919 bits per heavy atom. The highest BCUT2D eigenvalue weighted by molar-refractivity contribution is 6.42.